The van der Waals surface area contributed by atoms with E-state index in [0.717, 1.165) is 18.3 Å². The Kier molecular flexibility index (Phi) is 5.36. The molecule has 114 valence electrons. The van der Waals surface area contributed by atoms with E-state index >= 15 is 0 Å². The first kappa shape index (κ1) is 16.9. The third-order valence-corrected chi connectivity index (χ3v) is 2.27. The summed E-state index contributed by atoms with van der Waals surface area (Å²) >= 11 is 0. The molecular weight excluding hydrogens is 301 g/mol. The quantitative estimate of drug-likeness (QED) is 0.808. The molecule has 1 amide bonds. The normalized spacial score (nSPS) is 10.0. The van der Waals surface area contributed by atoms with Gasteiger partial charge in [-0.3, -0.25) is 4.79 Å². The van der Waals surface area contributed by atoms with Gasteiger partial charge in [0, 0.05) is 11.8 Å². The van der Waals surface area contributed by atoms with E-state index < -0.39 is 18.7 Å². The molecule has 0 saturated carbocycles. The summed E-state index contributed by atoms with van der Waals surface area (Å²) in [7, 11) is 0. The number of allylic oxidation sites excluding steroid dienone is 1. The van der Waals surface area contributed by atoms with E-state index in [-0.39, 0.29) is 22.6 Å². The smallest absolute Gasteiger partial charge is 0.422 e. The minimum atomic E-state index is -4.54. The second-order valence-electron chi connectivity index (χ2n) is 3.90. The Bertz CT molecular complexity index is 668. The molecule has 6 nitrogen and oxygen atoms in total. The van der Waals surface area contributed by atoms with Crippen LogP contribution in [-0.2, 0) is 0 Å². The highest BCUT2D eigenvalue weighted by atomic mass is 19.4. The number of nitriles is 2. The molecule has 0 aliphatic rings. The molecule has 22 heavy (non-hydrogen) atoms. The van der Waals surface area contributed by atoms with E-state index in [9.17, 15) is 18.0 Å². The van der Waals surface area contributed by atoms with Crippen molar-refractivity contribution < 1.29 is 22.7 Å². The summed E-state index contributed by atoms with van der Waals surface area (Å²) in [6, 6.07) is 6.59. The van der Waals surface area contributed by atoms with Gasteiger partial charge in [-0.25, -0.2) is 0 Å². The van der Waals surface area contributed by atoms with Crippen LogP contribution in [0.15, 0.2) is 30.0 Å². The van der Waals surface area contributed by atoms with E-state index in [4.69, 9.17) is 16.3 Å². The van der Waals surface area contributed by atoms with Crippen LogP contribution in [0.5, 0.6) is 5.75 Å². The number of hydrogen-bond donors (Lipinski definition) is 2. The Balaban J connectivity index is 3.11. The summed E-state index contributed by atoms with van der Waals surface area (Å²) in [6.07, 6.45) is -3.57. The maximum absolute atomic E-state index is 12.2. The number of carbonyl (C=O) groups is 1. The molecule has 0 heterocycles. The second kappa shape index (κ2) is 6.99. The van der Waals surface area contributed by atoms with Crippen molar-refractivity contribution in [2.24, 2.45) is 5.73 Å². The third kappa shape index (κ3) is 5.06. The molecule has 0 spiro atoms. The van der Waals surface area contributed by atoms with Crippen molar-refractivity contribution in [1.29, 1.82) is 10.5 Å². The maximum Gasteiger partial charge on any atom is 0.422 e. The molecule has 3 N–H and O–H groups in total. The van der Waals surface area contributed by atoms with E-state index in [0.29, 0.717) is 0 Å². The van der Waals surface area contributed by atoms with E-state index in [1.165, 1.54) is 6.07 Å². The number of anilines is 1. The molecule has 0 unspecified atom stereocenters. The van der Waals surface area contributed by atoms with Crippen molar-refractivity contribution in [2.75, 3.05) is 11.9 Å². The van der Waals surface area contributed by atoms with Crippen LogP contribution in [0.4, 0.5) is 18.9 Å². The summed E-state index contributed by atoms with van der Waals surface area (Å²) < 4.78 is 41.2. The standard InChI is InChI=1S/C13H9F3N4O2/c14-13(15,16)7-22-11-2-1-9(12(19)21)3-10(11)20-6-8(4-17)5-18/h1-3,6,20H,7H2,(H2,19,21). The van der Waals surface area contributed by atoms with Gasteiger partial charge in [0.2, 0.25) is 5.91 Å². The lowest BCUT2D eigenvalue weighted by molar-refractivity contribution is -0.153. The molecule has 0 aliphatic carbocycles. The first-order chi connectivity index (χ1) is 10.3. The van der Waals surface area contributed by atoms with Gasteiger partial charge in [-0.15, -0.1) is 0 Å². The SMILES string of the molecule is N#CC(C#N)=CNc1cc(C(N)=O)ccc1OCC(F)(F)F. The van der Waals surface area contributed by atoms with Crippen LogP contribution >= 0.6 is 0 Å². The van der Waals surface area contributed by atoms with Gasteiger partial charge in [-0.2, -0.15) is 23.7 Å². The summed E-state index contributed by atoms with van der Waals surface area (Å²) in [4.78, 5) is 11.1. The lowest BCUT2D eigenvalue weighted by atomic mass is 10.1. The summed E-state index contributed by atoms with van der Waals surface area (Å²) in [6.45, 7) is -1.54. The average Bonchev–Trinajstić information content (AvgIpc) is 2.45. The number of hydrogen-bond acceptors (Lipinski definition) is 5. The second-order valence-corrected chi connectivity index (χ2v) is 3.90. The lowest BCUT2D eigenvalue weighted by Crippen LogP contribution is -2.20. The predicted molar refractivity (Wildman–Crippen MR) is 69.4 cm³/mol. The van der Waals surface area contributed by atoms with Crippen LogP contribution in [0.1, 0.15) is 10.4 Å². The molecule has 9 heteroatoms. The molecule has 0 aromatic heterocycles. The minimum Gasteiger partial charge on any atom is -0.482 e. The predicted octanol–water partition coefficient (Wildman–Crippen LogP) is 2.07. The van der Waals surface area contributed by atoms with Crippen LogP contribution < -0.4 is 15.8 Å². The number of ether oxygens (including phenoxy) is 1. The van der Waals surface area contributed by atoms with E-state index in [1.54, 1.807) is 12.1 Å². The number of nitrogens with one attached hydrogen (secondary N) is 1. The molecule has 0 atom stereocenters. The van der Waals surface area contributed by atoms with Crippen molar-refractivity contribution in [3.63, 3.8) is 0 Å². The van der Waals surface area contributed by atoms with E-state index in [2.05, 4.69) is 10.1 Å². The Labute approximate surface area is 123 Å². The molecule has 0 bridgehead atoms. The highest BCUT2D eigenvalue weighted by molar-refractivity contribution is 5.94. The van der Waals surface area contributed by atoms with Gasteiger partial charge >= 0.3 is 6.18 Å². The van der Waals surface area contributed by atoms with Gasteiger partial charge < -0.3 is 15.8 Å². The average molecular weight is 310 g/mol. The van der Waals surface area contributed by atoms with Gasteiger partial charge in [0.15, 0.2) is 6.61 Å². The number of halogens is 3. The number of nitrogens with zero attached hydrogens (tertiary/aromatic N) is 2. The number of alkyl halides is 3. The van der Waals surface area contributed by atoms with Gasteiger partial charge in [0.05, 0.1) is 5.69 Å². The van der Waals surface area contributed by atoms with Gasteiger partial charge in [-0.05, 0) is 18.2 Å². The summed E-state index contributed by atoms with van der Waals surface area (Å²) in [5.74, 6) is -1.01. The van der Waals surface area contributed by atoms with Crippen molar-refractivity contribution >= 4 is 11.6 Å². The summed E-state index contributed by atoms with van der Waals surface area (Å²) in [5.41, 5.74) is 4.74. The molecule has 1 aromatic carbocycles. The molecule has 0 saturated heterocycles. The molecule has 1 aromatic rings. The topological polar surface area (TPSA) is 112 Å². The van der Waals surface area contributed by atoms with E-state index in [1.807, 2.05) is 0 Å². The molecule has 0 fully saturated rings. The fourth-order valence-corrected chi connectivity index (χ4v) is 1.32. The number of nitrogens with two attached hydrogens (primary N) is 1. The fourth-order valence-electron chi connectivity index (χ4n) is 1.32. The molecule has 0 radical (unpaired) electrons. The number of amides is 1. The minimum absolute atomic E-state index is 0.0192. The van der Waals surface area contributed by atoms with Crippen molar-refractivity contribution in [1.82, 2.24) is 0 Å². The van der Waals surface area contributed by atoms with Crippen molar-refractivity contribution in [2.45, 2.75) is 6.18 Å². The fraction of sp³-hybridized carbons (Fsp3) is 0.154. The monoisotopic (exact) mass is 310 g/mol. The molecule has 1 rings (SSSR count). The number of primary amides is 1. The van der Waals surface area contributed by atoms with Crippen LogP contribution in [0.25, 0.3) is 0 Å². The van der Waals surface area contributed by atoms with Crippen molar-refractivity contribution in [3.8, 4) is 17.9 Å². The number of rotatable bonds is 5. The van der Waals surface area contributed by atoms with Gasteiger partial charge in [-0.1, -0.05) is 0 Å². The highest BCUT2D eigenvalue weighted by Crippen LogP contribution is 2.28. The Hall–Kier alpha value is -3.20. The van der Waals surface area contributed by atoms with Crippen LogP contribution in [0, 0.1) is 22.7 Å². The first-order valence-corrected chi connectivity index (χ1v) is 5.67. The Morgan fingerprint density at radius 3 is 2.50 bits per heavy atom. The third-order valence-electron chi connectivity index (χ3n) is 2.27. The summed E-state index contributed by atoms with van der Waals surface area (Å²) in [5, 5.41) is 19.6. The number of benzene rings is 1. The first-order valence-electron chi connectivity index (χ1n) is 5.67. The molecule has 0 aliphatic heterocycles. The maximum atomic E-state index is 12.2. The number of carbonyl (C=O) groups excluding carboxylic acids is 1. The Morgan fingerprint density at radius 1 is 1.36 bits per heavy atom. The Morgan fingerprint density at radius 2 is 2.00 bits per heavy atom. The largest absolute Gasteiger partial charge is 0.482 e. The van der Waals surface area contributed by atoms with Crippen LogP contribution in [0.2, 0.25) is 0 Å². The highest BCUT2D eigenvalue weighted by Gasteiger charge is 2.28. The zero-order chi connectivity index (χ0) is 16.8. The van der Waals surface area contributed by atoms with Gasteiger partial charge in [0.25, 0.3) is 0 Å². The molecular formula is C13H9F3N4O2. The van der Waals surface area contributed by atoms with Gasteiger partial charge in [0.1, 0.15) is 23.5 Å². The van der Waals surface area contributed by atoms with Crippen molar-refractivity contribution in [3.05, 3.63) is 35.5 Å². The van der Waals surface area contributed by atoms with Crippen LogP contribution in [0.3, 0.4) is 0 Å². The van der Waals surface area contributed by atoms with Crippen LogP contribution in [-0.4, -0.2) is 18.7 Å². The lowest BCUT2D eigenvalue weighted by Gasteiger charge is -2.13. The zero-order valence-electron chi connectivity index (χ0n) is 10.9. The zero-order valence-corrected chi connectivity index (χ0v) is 10.9.